The van der Waals surface area contributed by atoms with Crippen LogP contribution in [0.1, 0.15) is 6.92 Å². The summed E-state index contributed by atoms with van der Waals surface area (Å²) in [7, 11) is -3.99. The fraction of sp³-hybridized carbons (Fsp3) is 0.625. The molecule has 200 valence electrons. The molecular weight excluding hydrogens is 572 g/mol. The van der Waals surface area contributed by atoms with Gasteiger partial charge in [-0.15, -0.1) is 28.6 Å². The van der Waals surface area contributed by atoms with Crippen molar-refractivity contribution in [2.24, 2.45) is 0 Å². The maximum absolute atomic E-state index is 12.6. The first-order valence-corrected chi connectivity index (χ1v) is 15.0. The number of halogens is 3. The molecule has 3 atom stereocenters. The molecule has 3 heterocycles. The number of nitrogens with zero attached hydrogens (tertiary/aromatic N) is 5. The highest BCUT2D eigenvalue weighted by molar-refractivity contribution is 8.01. The first-order chi connectivity index (χ1) is 16.8. The lowest BCUT2D eigenvalue weighted by atomic mass is 10.0. The van der Waals surface area contributed by atoms with Crippen LogP contribution in [0.3, 0.4) is 0 Å². The minimum atomic E-state index is -4.42. The number of tetrazole rings is 1. The van der Waals surface area contributed by atoms with Crippen LogP contribution in [-0.2, 0) is 29.8 Å². The van der Waals surface area contributed by atoms with Gasteiger partial charge in [-0.05, 0) is 22.9 Å². The minimum absolute atomic E-state index is 0.00331. The molecule has 1 aromatic rings. The predicted octanol–water partition coefficient (Wildman–Crippen LogP) is 0.979. The van der Waals surface area contributed by atoms with E-state index in [4.69, 9.17) is 4.52 Å². The highest BCUT2D eigenvalue weighted by atomic mass is 32.2. The Morgan fingerprint density at radius 3 is 2.75 bits per heavy atom. The summed E-state index contributed by atoms with van der Waals surface area (Å²) in [6.07, 6.45) is -4.93. The normalized spacial score (nSPS) is 21.6. The number of carboxylic acid groups (broad SMARTS) is 1. The number of thioether (sulfide) groups is 3. The Kier molecular flexibility index (Phi) is 9.37. The number of fused-ring (bicyclic) bond motifs is 1. The molecule has 0 aromatic carbocycles. The summed E-state index contributed by atoms with van der Waals surface area (Å²) in [4.78, 5) is 47.4. The lowest BCUT2D eigenvalue weighted by Crippen LogP contribution is -2.70. The fourth-order valence-electron chi connectivity index (χ4n) is 3.22. The lowest BCUT2D eigenvalue weighted by Gasteiger charge is -2.49. The topological polar surface area (TPSA) is 177 Å². The van der Waals surface area contributed by atoms with Crippen LogP contribution in [0.2, 0.25) is 0 Å². The number of carboxylic acids is 1. The average Bonchev–Trinajstić information content (AvgIpc) is 3.20. The first kappa shape index (κ1) is 28.8. The van der Waals surface area contributed by atoms with E-state index >= 15 is 0 Å². The number of hydrogen-bond donors (Lipinski definition) is 3. The molecule has 1 unspecified atom stereocenters. The van der Waals surface area contributed by atoms with E-state index in [0.29, 0.717) is 17.3 Å². The minimum Gasteiger partial charge on any atom is -0.477 e. The molecule has 2 amide bonds. The Labute approximate surface area is 214 Å². The molecule has 0 spiro atoms. The van der Waals surface area contributed by atoms with Crippen molar-refractivity contribution in [1.82, 2.24) is 30.4 Å². The van der Waals surface area contributed by atoms with Gasteiger partial charge in [-0.3, -0.25) is 19.1 Å². The second-order valence-corrected chi connectivity index (χ2v) is 12.1. The van der Waals surface area contributed by atoms with Crippen molar-refractivity contribution in [2.45, 2.75) is 36.0 Å². The maximum Gasteiger partial charge on any atom is 0.397 e. The van der Waals surface area contributed by atoms with Gasteiger partial charge in [0.25, 0.3) is 5.91 Å². The monoisotopic (exact) mass is 592 g/mol. The smallest absolute Gasteiger partial charge is 0.397 e. The molecule has 1 saturated heterocycles. The molecule has 3 N–H and O–H groups in total. The van der Waals surface area contributed by atoms with Crippen LogP contribution >= 0.6 is 42.9 Å². The third-order valence-electron chi connectivity index (χ3n) is 4.58. The quantitative estimate of drug-likeness (QED) is 0.178. The van der Waals surface area contributed by atoms with Gasteiger partial charge in [0.1, 0.15) is 23.4 Å². The summed E-state index contributed by atoms with van der Waals surface area (Å²) in [6, 6.07) is -1.05. The van der Waals surface area contributed by atoms with Crippen molar-refractivity contribution in [3.05, 3.63) is 11.3 Å². The van der Waals surface area contributed by atoms with Gasteiger partial charge >= 0.3 is 19.7 Å². The van der Waals surface area contributed by atoms with Crippen LogP contribution in [0.5, 0.6) is 0 Å². The van der Waals surface area contributed by atoms with Gasteiger partial charge in [-0.25, -0.2) is 9.48 Å². The highest BCUT2D eigenvalue weighted by Gasteiger charge is 2.54. The van der Waals surface area contributed by atoms with Crippen LogP contribution in [-0.4, -0.2) is 100 Å². The van der Waals surface area contributed by atoms with Crippen molar-refractivity contribution >= 4 is 60.7 Å². The van der Waals surface area contributed by atoms with Gasteiger partial charge < -0.3 is 19.8 Å². The number of aromatic nitrogens is 4. The standard InChI is InChI=1S/C16H20F3N6O7PS3/c1-2-32-33(30,31)7-24-15(21-22-23-24)36-4-8-3-35-13-10(12(27)25(13)11(8)14(28)29)20-9(26)5-34-6-16(17,18)19/h10,13H,2-7H2,1H3,(H,20,26)(H,28,29)(H,30,31)/t10-,13-/m1/s1. The van der Waals surface area contributed by atoms with E-state index in [-0.39, 0.29) is 29.0 Å². The molecule has 1 aromatic heterocycles. The number of alkyl halides is 3. The summed E-state index contributed by atoms with van der Waals surface area (Å²) in [5.74, 6) is -4.30. The molecule has 3 rings (SSSR count). The maximum atomic E-state index is 12.6. The lowest BCUT2D eigenvalue weighted by molar-refractivity contribution is -0.150. The summed E-state index contributed by atoms with van der Waals surface area (Å²) in [6.45, 7) is 1.55. The molecule has 20 heteroatoms. The number of carbonyl (C=O) groups excluding carboxylic acids is 2. The number of carbonyl (C=O) groups is 3. The Morgan fingerprint density at radius 2 is 2.11 bits per heavy atom. The number of hydrogen-bond acceptors (Lipinski definition) is 11. The van der Waals surface area contributed by atoms with E-state index in [1.54, 1.807) is 6.92 Å². The second-order valence-electron chi connectivity index (χ2n) is 7.27. The van der Waals surface area contributed by atoms with E-state index in [1.165, 1.54) is 11.8 Å². The summed E-state index contributed by atoms with van der Waals surface area (Å²) < 4.78 is 54.6. The SMILES string of the molecule is CCOP(=O)(O)Cn1nnnc1SCC1=C(C(=O)O)N2C(=O)[C@@H](NC(=O)CSCC(F)(F)F)[C@H]2SC1. The summed E-state index contributed by atoms with van der Waals surface area (Å²) in [5, 5.41) is 22.4. The van der Waals surface area contributed by atoms with Crippen molar-refractivity contribution in [1.29, 1.82) is 0 Å². The first-order valence-electron chi connectivity index (χ1n) is 10.0. The van der Waals surface area contributed by atoms with Gasteiger partial charge in [0.05, 0.1) is 18.1 Å². The predicted molar refractivity (Wildman–Crippen MR) is 123 cm³/mol. The van der Waals surface area contributed by atoms with Crippen LogP contribution < -0.4 is 5.32 Å². The van der Waals surface area contributed by atoms with Crippen LogP contribution in [0.4, 0.5) is 13.2 Å². The van der Waals surface area contributed by atoms with Crippen LogP contribution in [0, 0.1) is 0 Å². The van der Waals surface area contributed by atoms with Crippen molar-refractivity contribution in [2.75, 3.05) is 29.6 Å². The summed E-state index contributed by atoms with van der Waals surface area (Å²) >= 11 is 2.54. The molecule has 2 aliphatic heterocycles. The number of rotatable bonds is 12. The van der Waals surface area contributed by atoms with Gasteiger partial charge in [-0.1, -0.05) is 11.8 Å². The van der Waals surface area contributed by atoms with Crippen molar-refractivity contribution in [3.63, 3.8) is 0 Å². The number of aliphatic carboxylic acids is 1. The molecule has 13 nitrogen and oxygen atoms in total. The number of β-lactam (4-membered cyclic amide) rings is 1. The molecule has 36 heavy (non-hydrogen) atoms. The van der Waals surface area contributed by atoms with E-state index < -0.39 is 60.8 Å². The van der Waals surface area contributed by atoms with E-state index in [1.807, 2.05) is 0 Å². The molecule has 0 saturated carbocycles. The Morgan fingerprint density at radius 1 is 1.39 bits per heavy atom. The Balaban J connectivity index is 1.64. The number of nitrogens with one attached hydrogen (secondary N) is 1. The molecule has 0 radical (unpaired) electrons. The molecular formula is C16H20F3N6O7PS3. The molecule has 1 fully saturated rings. The third-order valence-corrected chi connectivity index (χ3v) is 9.25. The zero-order chi connectivity index (χ0) is 26.7. The second kappa shape index (κ2) is 11.7. The Bertz CT molecular complexity index is 1100. The van der Waals surface area contributed by atoms with E-state index in [9.17, 15) is 42.1 Å². The number of amides is 2. The molecule has 2 aliphatic rings. The van der Waals surface area contributed by atoms with Crippen LogP contribution in [0.15, 0.2) is 16.4 Å². The van der Waals surface area contributed by atoms with Crippen molar-refractivity contribution < 1.29 is 46.6 Å². The van der Waals surface area contributed by atoms with E-state index in [0.717, 1.165) is 21.3 Å². The summed E-state index contributed by atoms with van der Waals surface area (Å²) in [5.41, 5.74) is 0.0912. The fourth-order valence-corrected chi connectivity index (χ4v) is 7.29. The van der Waals surface area contributed by atoms with E-state index in [2.05, 4.69) is 20.8 Å². The van der Waals surface area contributed by atoms with Crippen LogP contribution in [0.25, 0.3) is 0 Å². The molecule has 0 aliphatic carbocycles. The van der Waals surface area contributed by atoms with Gasteiger partial charge in [0, 0.05) is 11.5 Å². The van der Waals surface area contributed by atoms with Gasteiger partial charge in [-0.2, -0.15) is 13.2 Å². The van der Waals surface area contributed by atoms with Crippen molar-refractivity contribution in [3.8, 4) is 0 Å². The Hall–Kier alpha value is -1.79. The van der Waals surface area contributed by atoms with Gasteiger partial charge in [0.2, 0.25) is 11.1 Å². The van der Waals surface area contributed by atoms with Gasteiger partial charge in [0.15, 0.2) is 0 Å². The average molecular weight is 593 g/mol. The third kappa shape index (κ3) is 7.16. The highest BCUT2D eigenvalue weighted by Crippen LogP contribution is 2.44. The zero-order valence-corrected chi connectivity index (χ0v) is 21.7. The molecule has 0 bridgehead atoms. The largest absolute Gasteiger partial charge is 0.477 e. The zero-order valence-electron chi connectivity index (χ0n) is 18.4.